The van der Waals surface area contributed by atoms with E-state index >= 15 is 0 Å². The molecule has 0 spiro atoms. The highest BCUT2D eigenvalue weighted by molar-refractivity contribution is 6.33. The molecule has 3 N–H and O–H groups in total. The van der Waals surface area contributed by atoms with Gasteiger partial charge in [0, 0.05) is 6.92 Å². The fourth-order valence-electron chi connectivity index (χ4n) is 0.851. The van der Waals surface area contributed by atoms with Crippen LogP contribution in [0.15, 0.2) is 12.1 Å². The highest BCUT2D eigenvalue weighted by Gasteiger charge is 2.07. The summed E-state index contributed by atoms with van der Waals surface area (Å²) < 4.78 is 13.0. The van der Waals surface area contributed by atoms with Gasteiger partial charge in [0.15, 0.2) is 6.38 Å². The van der Waals surface area contributed by atoms with Gasteiger partial charge in [-0.05, 0) is 12.1 Å². The molecule has 0 saturated carbocycles. The minimum Gasteiger partial charge on any atom is -0.397 e. The lowest BCUT2D eigenvalue weighted by Gasteiger charge is -2.05. The van der Waals surface area contributed by atoms with Crippen LogP contribution in [0.2, 0.25) is 5.02 Å². The van der Waals surface area contributed by atoms with Crippen LogP contribution >= 0.6 is 11.6 Å². The van der Waals surface area contributed by atoms with Crippen LogP contribution in [0.1, 0.15) is 6.92 Å². The van der Waals surface area contributed by atoms with Gasteiger partial charge in [0.1, 0.15) is 17.4 Å². The number of anilines is 2. The van der Waals surface area contributed by atoms with Gasteiger partial charge < -0.3 is 11.1 Å². The first-order chi connectivity index (χ1) is 7.00. The van der Waals surface area contributed by atoms with E-state index in [0.29, 0.717) is 0 Å². The number of hydrogen-bond acceptors (Lipinski definition) is 2. The van der Waals surface area contributed by atoms with Crippen molar-refractivity contribution in [1.82, 2.24) is 0 Å². The van der Waals surface area contributed by atoms with Crippen LogP contribution in [-0.2, 0) is 4.79 Å². The van der Waals surface area contributed by atoms with Crippen LogP contribution in [-0.4, -0.2) is 12.3 Å². The molecule has 0 heterocycles. The van der Waals surface area contributed by atoms with Crippen LogP contribution in [0.5, 0.6) is 0 Å². The summed E-state index contributed by atoms with van der Waals surface area (Å²) in [6.45, 7) is 1.28. The number of amides is 1. The van der Waals surface area contributed by atoms with E-state index in [1.165, 1.54) is 13.0 Å². The van der Waals surface area contributed by atoms with Gasteiger partial charge >= 0.3 is 0 Å². The third-order valence-corrected chi connectivity index (χ3v) is 1.72. The summed E-state index contributed by atoms with van der Waals surface area (Å²) in [5, 5.41) is 2.42. The second-order valence-corrected chi connectivity index (χ2v) is 2.94. The molecule has 0 fully saturated rings. The highest BCUT2D eigenvalue weighted by atomic mass is 35.5. The van der Waals surface area contributed by atoms with Crippen LogP contribution in [0, 0.1) is 17.4 Å². The first kappa shape index (κ1) is 14.0. The van der Waals surface area contributed by atoms with Crippen LogP contribution < -0.4 is 11.1 Å². The molecule has 1 aromatic rings. The first-order valence-corrected chi connectivity index (χ1v) is 5.13. The molecule has 0 atom stereocenters. The Kier molecular flexibility index (Phi) is 6.05. The van der Waals surface area contributed by atoms with E-state index < -0.39 is 5.82 Å². The molecule has 0 aliphatic carbocycles. The lowest BCUT2D eigenvalue weighted by atomic mass is 10.2. The molecule has 1 rings (SSSR count). The third kappa shape index (κ3) is 4.36. The van der Waals surface area contributed by atoms with Crippen molar-refractivity contribution in [2.45, 2.75) is 6.92 Å². The average molecular weight is 254 g/mol. The predicted octanol–water partition coefficient (Wildman–Crippen LogP) is 1.92. The number of nitrogen functional groups attached to an aromatic ring is 1. The largest absolute Gasteiger partial charge is 0.397 e. The van der Waals surface area contributed by atoms with Crippen molar-refractivity contribution in [1.29, 1.82) is 0 Å². The van der Waals surface area contributed by atoms with Crippen LogP contribution in [0.3, 0.4) is 0 Å². The topological polar surface area (TPSA) is 55.1 Å². The van der Waals surface area contributed by atoms with E-state index in [4.69, 9.17) is 17.3 Å². The number of halogens is 3. The molecule has 0 aromatic heterocycles. The number of benzene rings is 1. The van der Waals surface area contributed by atoms with Gasteiger partial charge in [-0.3, -0.25) is 4.79 Å². The van der Waals surface area contributed by atoms with Crippen molar-refractivity contribution in [2.75, 3.05) is 17.4 Å². The van der Waals surface area contributed by atoms with E-state index in [2.05, 4.69) is 16.9 Å². The highest BCUT2D eigenvalue weighted by Crippen LogP contribution is 2.25. The molecule has 0 aliphatic heterocycles. The number of hydrogen-bond donors (Lipinski definition) is 2. The minimum absolute atomic E-state index is 0.0365. The summed E-state index contributed by atoms with van der Waals surface area (Å²) in [6.07, 6.45) is 1.58. The summed E-state index contributed by atoms with van der Waals surface area (Å²) in [7, 11) is 0. The van der Waals surface area contributed by atoms with E-state index in [0.717, 1.165) is 6.07 Å². The molecule has 0 unspecified atom stereocenters. The summed E-state index contributed by atoms with van der Waals surface area (Å²) in [5.41, 5.74) is 5.68. The molecular formula is C9H12Cl2FN2O+. The number of alkyl halides is 1. The quantitative estimate of drug-likeness (QED) is 0.594. The van der Waals surface area contributed by atoms with Gasteiger partial charge in [-0.2, -0.15) is 0 Å². The molecule has 0 saturated heterocycles. The summed E-state index contributed by atoms with van der Waals surface area (Å²) in [4.78, 5) is 10.6. The molecule has 1 amide bonds. The zero-order valence-electron chi connectivity index (χ0n) is 8.30. The van der Waals surface area contributed by atoms with Crippen molar-refractivity contribution in [3.05, 3.63) is 23.0 Å². The second-order valence-electron chi connectivity index (χ2n) is 2.53. The molecule has 6 heteroatoms. The number of carbonyl (C=O) groups is 1. The Morgan fingerprint density at radius 3 is 2.53 bits per heavy atom. The van der Waals surface area contributed by atoms with Crippen molar-refractivity contribution >= 4 is 28.9 Å². The van der Waals surface area contributed by atoms with Gasteiger partial charge in [0.25, 0.3) is 0 Å². The summed E-state index contributed by atoms with van der Waals surface area (Å²) in [6, 6.07) is 2.33. The Bertz CT molecular complexity index is 358. The maximum atomic E-state index is 13.0. The molecule has 0 bridgehead atoms. The lowest BCUT2D eigenvalue weighted by molar-refractivity contribution is -0.325. The standard InChI is InChI=1S/C8H8ClFN2O.CH4Cl/c1-4(13)12-8-3-7(11)5(9)2-6(8)10;1-2/h2-3H,11H2,1H3,(H,12,13);2H,1H3/q;+1. The smallest absolute Gasteiger partial charge is 0.221 e. The van der Waals surface area contributed by atoms with E-state index in [-0.39, 0.29) is 22.3 Å². The lowest BCUT2D eigenvalue weighted by Crippen LogP contribution is -2.08. The number of nitrogens with one attached hydrogen (secondary N) is 1. The second kappa shape index (κ2) is 6.48. The van der Waals surface area contributed by atoms with Gasteiger partial charge in [-0.25, -0.2) is 4.39 Å². The normalized spacial score (nSPS) is 8.87. The first-order valence-electron chi connectivity index (χ1n) is 3.93. The number of rotatable bonds is 1. The molecule has 3 nitrogen and oxygen atoms in total. The Balaban J connectivity index is 0.000000921. The average Bonchev–Trinajstić information content (AvgIpc) is 2.17. The van der Waals surface area contributed by atoms with Gasteiger partial charge in [0.2, 0.25) is 5.91 Å². The van der Waals surface area contributed by atoms with Gasteiger partial charge in [-0.1, -0.05) is 11.6 Å². The Hall–Kier alpha value is -1.000. The molecule has 1 aromatic carbocycles. The van der Waals surface area contributed by atoms with Crippen LogP contribution in [0.25, 0.3) is 0 Å². The summed E-state index contributed by atoms with van der Waals surface area (Å²) >= 11 is 9.63. The molecule has 15 heavy (non-hydrogen) atoms. The zero-order chi connectivity index (χ0) is 12.0. The fraction of sp³-hybridized carbons (Fsp3) is 0.222. The van der Waals surface area contributed by atoms with Crippen LogP contribution in [0.4, 0.5) is 15.8 Å². The minimum atomic E-state index is -0.602. The fourth-order valence-corrected chi connectivity index (χ4v) is 1.00. The summed E-state index contributed by atoms with van der Waals surface area (Å²) in [5.74, 6) is -0.963. The molecular weight excluding hydrogens is 242 g/mol. The van der Waals surface area contributed by atoms with Crippen molar-refractivity contribution in [2.24, 2.45) is 0 Å². The monoisotopic (exact) mass is 253 g/mol. The molecule has 84 valence electrons. The van der Waals surface area contributed by atoms with Crippen molar-refractivity contribution in [3.8, 4) is 0 Å². The van der Waals surface area contributed by atoms with Gasteiger partial charge in [-0.15, -0.1) is 0 Å². The Labute approximate surface area is 97.4 Å². The molecule has 0 aliphatic rings. The maximum absolute atomic E-state index is 13.0. The van der Waals surface area contributed by atoms with E-state index in [9.17, 15) is 9.18 Å². The number of nitrogens with two attached hydrogens (primary N) is 1. The SMILES string of the molecule is CC(=O)Nc1cc(N)c(Cl)cc1F.C[ClH+]. The predicted molar refractivity (Wildman–Crippen MR) is 57.4 cm³/mol. The number of carbonyl (C=O) groups excluding carboxylic acids is 1. The zero-order valence-corrected chi connectivity index (χ0v) is 9.88. The Morgan fingerprint density at radius 2 is 2.07 bits per heavy atom. The van der Waals surface area contributed by atoms with Crippen molar-refractivity contribution < 1.29 is 20.8 Å². The van der Waals surface area contributed by atoms with E-state index in [1.807, 2.05) is 0 Å². The van der Waals surface area contributed by atoms with Crippen molar-refractivity contribution in [3.63, 3.8) is 0 Å². The maximum Gasteiger partial charge on any atom is 0.221 e. The van der Waals surface area contributed by atoms with E-state index in [1.54, 1.807) is 6.38 Å². The Morgan fingerprint density at radius 1 is 1.53 bits per heavy atom. The third-order valence-electron chi connectivity index (χ3n) is 1.40. The van der Waals surface area contributed by atoms with Gasteiger partial charge in [0.05, 0.1) is 16.4 Å². The molecule has 0 radical (unpaired) electrons.